The second-order valence-corrected chi connectivity index (χ2v) is 8.99. The lowest BCUT2D eigenvalue weighted by Crippen LogP contribution is -2.42. The largest absolute Gasteiger partial charge is 0.342 e. The maximum atomic E-state index is 15.1. The van der Waals surface area contributed by atoms with Gasteiger partial charge in [-0.1, -0.05) is 30.0 Å². The van der Waals surface area contributed by atoms with Gasteiger partial charge in [0.2, 0.25) is 5.91 Å². The second kappa shape index (κ2) is 9.48. The summed E-state index contributed by atoms with van der Waals surface area (Å²) in [5.41, 5.74) is 2.23. The Morgan fingerprint density at radius 1 is 1.19 bits per heavy atom. The molecule has 3 heterocycles. The van der Waals surface area contributed by atoms with E-state index >= 15 is 4.39 Å². The van der Waals surface area contributed by atoms with Crippen LogP contribution in [0.15, 0.2) is 51.6 Å². The zero-order valence-corrected chi connectivity index (χ0v) is 19.6. The van der Waals surface area contributed by atoms with Crippen LogP contribution in [0.4, 0.5) is 4.39 Å². The molecule has 0 spiro atoms. The van der Waals surface area contributed by atoms with Crippen molar-refractivity contribution in [3.05, 3.63) is 58.0 Å². The van der Waals surface area contributed by atoms with E-state index in [0.29, 0.717) is 35.1 Å². The van der Waals surface area contributed by atoms with Gasteiger partial charge < -0.3 is 14.7 Å². The molecule has 1 atom stereocenters. The van der Waals surface area contributed by atoms with Crippen molar-refractivity contribution in [2.75, 3.05) is 26.2 Å². The highest BCUT2D eigenvalue weighted by Gasteiger charge is 2.42. The number of likely N-dealkylation sites (tertiary alicyclic amines) is 1. The molecule has 32 heavy (non-hydrogen) atoms. The zero-order valence-electron chi connectivity index (χ0n) is 18.8. The minimum Gasteiger partial charge on any atom is -0.342 e. The average molecular weight is 457 g/mol. The molecule has 4 rings (SSSR count). The van der Waals surface area contributed by atoms with Crippen LogP contribution in [0.2, 0.25) is 0 Å². The summed E-state index contributed by atoms with van der Waals surface area (Å²) in [7, 11) is 0. The molecule has 2 amide bonds. The standard InChI is InChI=1S/C24H29FN4O2S/c1-4-27(5-2)23(31)21-16(3)26-24-29(22(21)18-10-6-7-11-19(18)25)17(15-32-24)14-20(30)28-12-8-9-13-28/h6-7,10-11,15,22H,4-5,8-9,12-14H2,1-3H3. The number of fused-ring (bicyclic) bond motifs is 1. The number of rotatable bonds is 6. The van der Waals surface area contributed by atoms with Gasteiger partial charge >= 0.3 is 0 Å². The van der Waals surface area contributed by atoms with E-state index in [-0.39, 0.29) is 24.1 Å². The minimum absolute atomic E-state index is 0.0609. The predicted molar refractivity (Wildman–Crippen MR) is 125 cm³/mol. The predicted octanol–water partition coefficient (Wildman–Crippen LogP) is 4.28. The van der Waals surface area contributed by atoms with E-state index < -0.39 is 6.04 Å². The summed E-state index contributed by atoms with van der Waals surface area (Å²) < 4.78 is 15.1. The Hall–Kier alpha value is -2.61. The number of halogens is 1. The molecule has 1 aromatic rings. The van der Waals surface area contributed by atoms with Gasteiger partial charge in [-0.05, 0) is 45.1 Å². The van der Waals surface area contributed by atoms with Crippen LogP contribution in [0.25, 0.3) is 0 Å². The molecule has 170 valence electrons. The Morgan fingerprint density at radius 3 is 2.53 bits per heavy atom. The molecule has 1 fully saturated rings. The van der Waals surface area contributed by atoms with Crippen LogP contribution in [0, 0.1) is 5.82 Å². The van der Waals surface area contributed by atoms with Gasteiger partial charge in [-0.15, -0.1) is 0 Å². The highest BCUT2D eigenvalue weighted by Crippen LogP contribution is 2.45. The zero-order chi connectivity index (χ0) is 22.8. The smallest absolute Gasteiger partial charge is 0.254 e. The average Bonchev–Trinajstić information content (AvgIpc) is 3.45. The first-order valence-corrected chi connectivity index (χ1v) is 12.1. The van der Waals surface area contributed by atoms with Crippen LogP contribution >= 0.6 is 11.8 Å². The third kappa shape index (κ3) is 4.08. The molecule has 0 bridgehead atoms. The molecule has 0 saturated carbocycles. The van der Waals surface area contributed by atoms with E-state index in [1.54, 1.807) is 23.1 Å². The number of aliphatic imine (C=N–C) groups is 1. The van der Waals surface area contributed by atoms with Crippen molar-refractivity contribution in [3.63, 3.8) is 0 Å². The Morgan fingerprint density at radius 2 is 1.88 bits per heavy atom. The highest BCUT2D eigenvalue weighted by molar-refractivity contribution is 8.16. The van der Waals surface area contributed by atoms with Gasteiger partial charge in [0.25, 0.3) is 5.91 Å². The third-order valence-electron chi connectivity index (χ3n) is 6.27. The van der Waals surface area contributed by atoms with E-state index in [9.17, 15) is 9.59 Å². The van der Waals surface area contributed by atoms with E-state index in [1.807, 2.05) is 36.0 Å². The van der Waals surface area contributed by atoms with Gasteiger partial charge in [0.05, 0.1) is 23.7 Å². The Labute approximate surface area is 192 Å². The molecule has 3 aliphatic heterocycles. The van der Waals surface area contributed by atoms with E-state index in [1.165, 1.54) is 17.8 Å². The van der Waals surface area contributed by atoms with Gasteiger partial charge in [0.1, 0.15) is 5.82 Å². The second-order valence-electron chi connectivity index (χ2n) is 8.16. The number of carbonyl (C=O) groups is 2. The van der Waals surface area contributed by atoms with Gasteiger partial charge in [-0.25, -0.2) is 9.38 Å². The van der Waals surface area contributed by atoms with Crippen LogP contribution in [0.1, 0.15) is 51.6 Å². The number of allylic oxidation sites excluding steroid dienone is 1. The number of hydrogen-bond donors (Lipinski definition) is 0. The lowest BCUT2D eigenvalue weighted by Gasteiger charge is -2.38. The quantitative estimate of drug-likeness (QED) is 0.641. The van der Waals surface area contributed by atoms with Crippen molar-refractivity contribution < 1.29 is 14.0 Å². The van der Waals surface area contributed by atoms with Gasteiger partial charge in [0.15, 0.2) is 5.17 Å². The van der Waals surface area contributed by atoms with Crippen molar-refractivity contribution in [2.24, 2.45) is 4.99 Å². The summed E-state index contributed by atoms with van der Waals surface area (Å²) in [6, 6.07) is 5.89. The number of thioether (sulfide) groups is 1. The summed E-state index contributed by atoms with van der Waals surface area (Å²) in [6.07, 6.45) is 2.26. The summed E-state index contributed by atoms with van der Waals surface area (Å²) in [6.45, 7) is 8.33. The van der Waals surface area contributed by atoms with Crippen molar-refractivity contribution in [1.82, 2.24) is 14.7 Å². The van der Waals surface area contributed by atoms with Crippen LogP contribution in [0.5, 0.6) is 0 Å². The topological polar surface area (TPSA) is 56.2 Å². The fourth-order valence-corrected chi connectivity index (χ4v) is 5.51. The van der Waals surface area contributed by atoms with Crippen molar-refractivity contribution in [3.8, 4) is 0 Å². The van der Waals surface area contributed by atoms with Crippen molar-refractivity contribution in [2.45, 2.75) is 46.1 Å². The maximum Gasteiger partial charge on any atom is 0.254 e. The van der Waals surface area contributed by atoms with Crippen LogP contribution in [-0.4, -0.2) is 57.9 Å². The molecule has 0 radical (unpaired) electrons. The minimum atomic E-state index is -0.663. The molecule has 0 N–H and O–H groups in total. The summed E-state index contributed by atoms with van der Waals surface area (Å²) in [5, 5.41) is 2.59. The van der Waals surface area contributed by atoms with Gasteiger partial charge in [-0.2, -0.15) is 0 Å². The summed E-state index contributed by atoms with van der Waals surface area (Å²) in [5.74, 6) is -0.463. The third-order valence-corrected chi connectivity index (χ3v) is 7.16. The Bertz CT molecular complexity index is 1010. The number of benzene rings is 1. The van der Waals surface area contributed by atoms with Gasteiger partial charge in [0, 0.05) is 37.4 Å². The lowest BCUT2D eigenvalue weighted by molar-refractivity contribution is -0.129. The monoisotopic (exact) mass is 456 g/mol. The van der Waals surface area contributed by atoms with Gasteiger partial charge in [-0.3, -0.25) is 9.59 Å². The first kappa shape index (κ1) is 22.6. The fourth-order valence-electron chi connectivity index (χ4n) is 4.55. The normalized spacial score (nSPS) is 20.3. The molecular weight excluding hydrogens is 427 g/mol. The first-order valence-electron chi connectivity index (χ1n) is 11.2. The molecule has 0 aromatic heterocycles. The number of nitrogens with zero attached hydrogens (tertiary/aromatic N) is 4. The van der Waals surface area contributed by atoms with E-state index in [2.05, 4.69) is 0 Å². The van der Waals surface area contributed by atoms with Crippen molar-refractivity contribution >= 4 is 28.7 Å². The molecule has 1 aromatic carbocycles. The summed E-state index contributed by atoms with van der Waals surface area (Å²) >= 11 is 1.42. The number of amidine groups is 1. The molecular formula is C24H29FN4O2S. The first-order chi connectivity index (χ1) is 15.5. The van der Waals surface area contributed by atoms with E-state index in [0.717, 1.165) is 31.6 Å². The lowest BCUT2D eigenvalue weighted by atomic mass is 9.92. The van der Waals surface area contributed by atoms with Crippen molar-refractivity contribution in [1.29, 1.82) is 0 Å². The highest BCUT2D eigenvalue weighted by atomic mass is 32.2. The number of likely N-dealkylation sites (N-methyl/N-ethyl adjacent to an activating group) is 1. The van der Waals surface area contributed by atoms with E-state index in [4.69, 9.17) is 4.99 Å². The molecule has 1 unspecified atom stereocenters. The SMILES string of the molecule is CCN(CC)C(=O)C1=C(C)N=C2SC=C(CC(=O)N3CCCC3)N2C1c1ccccc1F. The molecule has 8 heteroatoms. The number of hydrogen-bond acceptors (Lipinski definition) is 5. The van der Waals surface area contributed by atoms with Crippen LogP contribution in [0.3, 0.4) is 0 Å². The van der Waals surface area contributed by atoms with Crippen LogP contribution < -0.4 is 0 Å². The number of carbonyl (C=O) groups excluding carboxylic acids is 2. The Balaban J connectivity index is 1.76. The molecule has 1 saturated heterocycles. The number of amides is 2. The maximum absolute atomic E-state index is 15.1. The molecule has 6 nitrogen and oxygen atoms in total. The Kier molecular flexibility index (Phi) is 6.69. The van der Waals surface area contributed by atoms with Crippen LogP contribution in [-0.2, 0) is 9.59 Å². The molecule has 3 aliphatic rings. The molecule has 0 aliphatic carbocycles. The summed E-state index contributed by atoms with van der Waals surface area (Å²) in [4.78, 5) is 36.7. The fraction of sp³-hybridized carbons (Fsp3) is 0.458.